The van der Waals surface area contributed by atoms with Gasteiger partial charge in [0.05, 0.1) is 0 Å². The highest BCUT2D eigenvalue weighted by Gasteiger charge is 2.08. The van der Waals surface area contributed by atoms with Crippen LogP contribution in [0.5, 0.6) is 0 Å². The molecule has 0 fully saturated rings. The Balaban J connectivity index is 2.39. The minimum atomic E-state index is 0.750. The van der Waals surface area contributed by atoms with Gasteiger partial charge < -0.3 is 5.32 Å². The minimum Gasteiger partial charge on any atom is -0.368 e. The van der Waals surface area contributed by atoms with Gasteiger partial charge in [0, 0.05) is 29.5 Å². The van der Waals surface area contributed by atoms with Gasteiger partial charge in [0.25, 0.3) is 0 Å². The van der Waals surface area contributed by atoms with E-state index in [0.717, 1.165) is 40.6 Å². The zero-order chi connectivity index (χ0) is 13.0. The zero-order valence-electron chi connectivity index (χ0n) is 10.6. The molecule has 1 aromatic carbocycles. The van der Waals surface area contributed by atoms with E-state index in [9.17, 15) is 0 Å². The minimum absolute atomic E-state index is 0.750. The molecule has 0 amide bonds. The van der Waals surface area contributed by atoms with Crippen molar-refractivity contribution in [2.75, 3.05) is 11.9 Å². The van der Waals surface area contributed by atoms with Crippen LogP contribution in [0.2, 0.25) is 5.02 Å². The van der Waals surface area contributed by atoms with Gasteiger partial charge in [0.2, 0.25) is 0 Å². The van der Waals surface area contributed by atoms with Crippen LogP contribution in [-0.2, 0) is 0 Å². The van der Waals surface area contributed by atoms with Gasteiger partial charge in [-0.15, -0.1) is 0 Å². The fourth-order valence-corrected chi connectivity index (χ4v) is 1.84. The lowest BCUT2D eigenvalue weighted by molar-refractivity contribution is 0.966. The van der Waals surface area contributed by atoms with E-state index in [1.165, 1.54) is 0 Å². The molecule has 0 unspecified atom stereocenters. The van der Waals surface area contributed by atoms with Gasteiger partial charge in [-0.2, -0.15) is 0 Å². The first-order valence-electron chi connectivity index (χ1n) is 6.03. The standard InChI is InChI=1S/C14H16ClN3/c1-3-6-17-14-13(16-7-8-18-14)11-5-4-10(2)12(15)9-11/h4-5,7-9H,3,6H2,1-2H3,(H,17,18). The number of aryl methyl sites for hydroxylation is 1. The van der Waals surface area contributed by atoms with Crippen LogP contribution in [0.15, 0.2) is 30.6 Å². The van der Waals surface area contributed by atoms with Gasteiger partial charge >= 0.3 is 0 Å². The summed E-state index contributed by atoms with van der Waals surface area (Å²) in [5, 5.41) is 4.03. The van der Waals surface area contributed by atoms with E-state index in [4.69, 9.17) is 11.6 Å². The first-order valence-corrected chi connectivity index (χ1v) is 6.41. The average molecular weight is 262 g/mol. The second-order valence-corrected chi connectivity index (χ2v) is 4.55. The van der Waals surface area contributed by atoms with Crippen molar-refractivity contribution in [2.24, 2.45) is 0 Å². The Bertz CT molecular complexity index is 540. The third-order valence-electron chi connectivity index (χ3n) is 2.69. The summed E-state index contributed by atoms with van der Waals surface area (Å²) in [7, 11) is 0. The SMILES string of the molecule is CCCNc1nccnc1-c1ccc(C)c(Cl)c1. The maximum Gasteiger partial charge on any atom is 0.152 e. The van der Waals surface area contributed by atoms with E-state index >= 15 is 0 Å². The molecule has 0 aliphatic carbocycles. The molecule has 94 valence electrons. The van der Waals surface area contributed by atoms with Gasteiger partial charge in [-0.1, -0.05) is 30.7 Å². The molecule has 0 bridgehead atoms. The van der Waals surface area contributed by atoms with Crippen LogP contribution in [-0.4, -0.2) is 16.5 Å². The number of halogens is 1. The number of hydrogen-bond donors (Lipinski definition) is 1. The van der Waals surface area contributed by atoms with E-state index in [1.54, 1.807) is 12.4 Å². The summed E-state index contributed by atoms with van der Waals surface area (Å²) in [4.78, 5) is 8.72. The van der Waals surface area contributed by atoms with Gasteiger partial charge in [-0.3, -0.25) is 4.98 Å². The van der Waals surface area contributed by atoms with Crippen molar-refractivity contribution in [2.45, 2.75) is 20.3 Å². The number of aromatic nitrogens is 2. The Kier molecular flexibility index (Phi) is 4.15. The van der Waals surface area contributed by atoms with Crippen LogP contribution >= 0.6 is 11.6 Å². The summed E-state index contributed by atoms with van der Waals surface area (Å²) in [6, 6.07) is 5.94. The summed E-state index contributed by atoms with van der Waals surface area (Å²) in [5.41, 5.74) is 2.89. The molecule has 0 aliphatic rings. The first kappa shape index (κ1) is 12.8. The molecule has 0 radical (unpaired) electrons. The first-order chi connectivity index (χ1) is 8.72. The van der Waals surface area contributed by atoms with E-state index in [1.807, 2.05) is 25.1 Å². The van der Waals surface area contributed by atoms with Crippen LogP contribution in [0.1, 0.15) is 18.9 Å². The quantitative estimate of drug-likeness (QED) is 0.906. The van der Waals surface area contributed by atoms with E-state index in [0.29, 0.717) is 0 Å². The maximum atomic E-state index is 6.15. The van der Waals surface area contributed by atoms with Crippen molar-refractivity contribution >= 4 is 17.4 Å². The molecular weight excluding hydrogens is 246 g/mol. The van der Waals surface area contributed by atoms with Gasteiger partial charge in [0.15, 0.2) is 5.82 Å². The molecule has 0 aliphatic heterocycles. The molecule has 2 aromatic rings. The summed E-state index contributed by atoms with van der Waals surface area (Å²) >= 11 is 6.15. The molecule has 0 saturated heterocycles. The topological polar surface area (TPSA) is 37.8 Å². The fourth-order valence-electron chi connectivity index (χ4n) is 1.66. The van der Waals surface area contributed by atoms with Crippen LogP contribution in [0, 0.1) is 6.92 Å². The van der Waals surface area contributed by atoms with Crippen LogP contribution in [0.25, 0.3) is 11.3 Å². The molecule has 0 spiro atoms. The number of hydrogen-bond acceptors (Lipinski definition) is 3. The fraction of sp³-hybridized carbons (Fsp3) is 0.286. The number of anilines is 1. The van der Waals surface area contributed by atoms with E-state index in [-0.39, 0.29) is 0 Å². The molecule has 1 N–H and O–H groups in total. The molecule has 1 aromatic heterocycles. The summed E-state index contributed by atoms with van der Waals surface area (Å²) in [6.45, 7) is 4.98. The summed E-state index contributed by atoms with van der Waals surface area (Å²) < 4.78 is 0. The maximum absolute atomic E-state index is 6.15. The van der Waals surface area contributed by atoms with Crippen LogP contribution in [0.4, 0.5) is 5.82 Å². The van der Waals surface area contributed by atoms with Crippen molar-refractivity contribution in [3.05, 3.63) is 41.2 Å². The Labute approximate surface area is 112 Å². The molecule has 4 heteroatoms. The van der Waals surface area contributed by atoms with Crippen LogP contribution < -0.4 is 5.32 Å². The lowest BCUT2D eigenvalue weighted by Crippen LogP contribution is -2.04. The monoisotopic (exact) mass is 261 g/mol. The number of nitrogens with one attached hydrogen (secondary N) is 1. The lowest BCUT2D eigenvalue weighted by Gasteiger charge is -2.10. The van der Waals surface area contributed by atoms with Crippen molar-refractivity contribution in [1.82, 2.24) is 9.97 Å². The van der Waals surface area contributed by atoms with Crippen molar-refractivity contribution in [3.63, 3.8) is 0 Å². The second kappa shape index (κ2) is 5.83. The highest BCUT2D eigenvalue weighted by Crippen LogP contribution is 2.27. The second-order valence-electron chi connectivity index (χ2n) is 4.14. The Hall–Kier alpha value is -1.61. The predicted octanol–water partition coefficient (Wildman–Crippen LogP) is 3.93. The Morgan fingerprint density at radius 1 is 1.22 bits per heavy atom. The third-order valence-corrected chi connectivity index (χ3v) is 3.09. The molecule has 2 rings (SSSR count). The number of nitrogens with zero attached hydrogens (tertiary/aromatic N) is 2. The van der Waals surface area contributed by atoms with Crippen molar-refractivity contribution in [3.8, 4) is 11.3 Å². The Morgan fingerprint density at radius 3 is 2.72 bits per heavy atom. The molecule has 18 heavy (non-hydrogen) atoms. The zero-order valence-corrected chi connectivity index (χ0v) is 11.3. The van der Waals surface area contributed by atoms with Gasteiger partial charge in [0.1, 0.15) is 5.69 Å². The molecular formula is C14H16ClN3. The molecule has 1 heterocycles. The third kappa shape index (κ3) is 2.79. The smallest absolute Gasteiger partial charge is 0.152 e. The molecule has 0 atom stereocenters. The molecule has 0 saturated carbocycles. The Morgan fingerprint density at radius 2 is 2.00 bits per heavy atom. The van der Waals surface area contributed by atoms with E-state index < -0.39 is 0 Å². The molecule has 3 nitrogen and oxygen atoms in total. The normalized spacial score (nSPS) is 10.4. The van der Waals surface area contributed by atoms with E-state index in [2.05, 4.69) is 22.2 Å². The predicted molar refractivity (Wildman–Crippen MR) is 76.0 cm³/mol. The van der Waals surface area contributed by atoms with Gasteiger partial charge in [-0.05, 0) is 25.0 Å². The lowest BCUT2D eigenvalue weighted by atomic mass is 10.1. The van der Waals surface area contributed by atoms with Crippen molar-refractivity contribution < 1.29 is 0 Å². The number of rotatable bonds is 4. The largest absolute Gasteiger partial charge is 0.368 e. The van der Waals surface area contributed by atoms with Crippen molar-refractivity contribution in [1.29, 1.82) is 0 Å². The summed E-state index contributed by atoms with van der Waals surface area (Å²) in [6.07, 6.45) is 4.43. The highest BCUT2D eigenvalue weighted by molar-refractivity contribution is 6.31. The highest BCUT2D eigenvalue weighted by atomic mass is 35.5. The van der Waals surface area contributed by atoms with Crippen LogP contribution in [0.3, 0.4) is 0 Å². The summed E-state index contributed by atoms with van der Waals surface area (Å²) in [5.74, 6) is 0.805. The number of benzene rings is 1. The van der Waals surface area contributed by atoms with Gasteiger partial charge in [-0.25, -0.2) is 4.98 Å². The average Bonchev–Trinajstić information content (AvgIpc) is 2.40.